The molecule has 0 aromatic rings. The van der Waals surface area contributed by atoms with Crippen molar-refractivity contribution in [3.8, 4) is 0 Å². The number of allylic oxidation sites excluding steroid dienone is 2. The van der Waals surface area contributed by atoms with Crippen LogP contribution in [-0.2, 0) is 9.31 Å². The first-order chi connectivity index (χ1) is 9.71. The maximum absolute atomic E-state index is 11.1. The predicted octanol–water partition coefficient (Wildman–Crippen LogP) is 2.22. The Morgan fingerprint density at radius 1 is 1.38 bits per heavy atom. The molecule has 1 unspecified atom stereocenters. The third-order valence-corrected chi connectivity index (χ3v) is 4.64. The molecule has 0 bridgehead atoms. The third kappa shape index (κ3) is 2.20. The summed E-state index contributed by atoms with van der Waals surface area (Å²) < 4.78 is 12.0. The summed E-state index contributed by atoms with van der Waals surface area (Å²) in [5.74, 6) is 0. The molecule has 0 aromatic heterocycles. The van der Waals surface area contributed by atoms with E-state index in [1.54, 1.807) is 6.21 Å². The van der Waals surface area contributed by atoms with E-state index >= 15 is 0 Å². The second-order valence-corrected chi connectivity index (χ2v) is 6.56. The van der Waals surface area contributed by atoms with Crippen LogP contribution in [0.25, 0.3) is 0 Å². The molecule has 2 heterocycles. The molecular formula is C14H19BN2O4. The first-order valence-corrected chi connectivity index (χ1v) is 7.05. The minimum absolute atomic E-state index is 0.228. The summed E-state index contributed by atoms with van der Waals surface area (Å²) in [7, 11) is -0.421. The molecule has 1 amide bonds. The fraction of sp³-hybridized carbons (Fsp3) is 0.571. The van der Waals surface area contributed by atoms with Crippen molar-refractivity contribution in [2.45, 2.75) is 51.4 Å². The van der Waals surface area contributed by atoms with Gasteiger partial charge in [-0.2, -0.15) is 10.1 Å². The van der Waals surface area contributed by atoms with Crippen LogP contribution in [0.1, 0.15) is 34.1 Å². The summed E-state index contributed by atoms with van der Waals surface area (Å²) >= 11 is 0. The molecule has 1 atom stereocenters. The highest BCUT2D eigenvalue weighted by Crippen LogP contribution is 2.40. The molecule has 1 saturated heterocycles. The Labute approximate surface area is 124 Å². The molecule has 1 fully saturated rings. The van der Waals surface area contributed by atoms with Gasteiger partial charge in [0.15, 0.2) is 0 Å². The summed E-state index contributed by atoms with van der Waals surface area (Å²) in [6.45, 7) is 8.04. The van der Waals surface area contributed by atoms with E-state index in [1.165, 1.54) is 0 Å². The van der Waals surface area contributed by atoms with Crippen molar-refractivity contribution in [2.75, 3.05) is 0 Å². The van der Waals surface area contributed by atoms with Crippen LogP contribution in [0.2, 0.25) is 0 Å². The number of hydrazone groups is 1. The number of amides is 1. The Bertz CT molecular complexity index is 564. The van der Waals surface area contributed by atoms with Gasteiger partial charge in [0, 0.05) is 0 Å². The number of carbonyl (C=O) groups is 1. The quantitative estimate of drug-likeness (QED) is 0.752. The number of fused-ring (bicyclic) bond motifs is 1. The normalized spacial score (nSPS) is 29.2. The maximum atomic E-state index is 11.1. The van der Waals surface area contributed by atoms with Crippen molar-refractivity contribution in [3.05, 3.63) is 23.2 Å². The Morgan fingerprint density at radius 3 is 2.57 bits per heavy atom. The largest absolute Gasteiger partial charge is 0.494 e. The number of hydrogen-bond acceptors (Lipinski definition) is 4. The smallest absolute Gasteiger partial charge is 0.464 e. The van der Waals surface area contributed by atoms with Crippen LogP contribution < -0.4 is 0 Å². The molecule has 0 aromatic carbocycles. The highest BCUT2D eigenvalue weighted by Gasteiger charge is 2.52. The van der Waals surface area contributed by atoms with E-state index in [9.17, 15) is 4.79 Å². The third-order valence-electron chi connectivity index (χ3n) is 4.64. The average Bonchev–Trinajstić information content (AvgIpc) is 2.87. The Balaban J connectivity index is 1.80. The number of nitrogens with zero attached hydrogens (tertiary/aromatic N) is 2. The van der Waals surface area contributed by atoms with Gasteiger partial charge in [0.2, 0.25) is 0 Å². The summed E-state index contributed by atoms with van der Waals surface area (Å²) in [5, 5.41) is 14.1. The minimum Gasteiger partial charge on any atom is -0.464 e. The molecule has 3 rings (SSSR count). The first kappa shape index (κ1) is 14.3. The van der Waals surface area contributed by atoms with E-state index in [2.05, 4.69) is 5.10 Å². The molecule has 1 N–H and O–H groups in total. The first-order valence-electron chi connectivity index (χ1n) is 7.05. The topological polar surface area (TPSA) is 71.4 Å². The van der Waals surface area contributed by atoms with Gasteiger partial charge in [-0.3, -0.25) is 0 Å². The fourth-order valence-electron chi connectivity index (χ4n) is 2.63. The van der Waals surface area contributed by atoms with Gasteiger partial charge >= 0.3 is 13.2 Å². The van der Waals surface area contributed by atoms with Crippen LogP contribution in [0.4, 0.5) is 4.79 Å². The number of hydrogen-bond donors (Lipinski definition) is 1. The molecule has 0 spiro atoms. The maximum Gasteiger partial charge on any atom is 0.494 e. The van der Waals surface area contributed by atoms with Crippen LogP contribution in [-0.4, -0.2) is 46.8 Å². The zero-order valence-corrected chi connectivity index (χ0v) is 12.7. The highest BCUT2D eigenvalue weighted by atomic mass is 16.7. The summed E-state index contributed by atoms with van der Waals surface area (Å²) in [6.07, 6.45) is 5.03. The van der Waals surface area contributed by atoms with E-state index in [4.69, 9.17) is 14.4 Å². The van der Waals surface area contributed by atoms with Gasteiger partial charge in [0.05, 0.1) is 23.5 Å². The summed E-state index contributed by atoms with van der Waals surface area (Å²) in [6, 6.07) is -0.228. The van der Waals surface area contributed by atoms with Crippen molar-refractivity contribution < 1.29 is 19.2 Å². The molecule has 1 aliphatic carbocycles. The molecule has 112 valence electrons. The number of carboxylic acid groups (broad SMARTS) is 1. The fourth-order valence-corrected chi connectivity index (χ4v) is 2.63. The Morgan fingerprint density at radius 2 is 2.00 bits per heavy atom. The van der Waals surface area contributed by atoms with E-state index in [0.717, 1.165) is 16.1 Å². The molecule has 0 saturated carbocycles. The molecular weight excluding hydrogens is 271 g/mol. The zero-order valence-electron chi connectivity index (χ0n) is 12.7. The summed E-state index contributed by atoms with van der Waals surface area (Å²) in [4.78, 5) is 11.1. The predicted molar refractivity (Wildman–Crippen MR) is 79.0 cm³/mol. The molecule has 3 aliphatic rings. The second-order valence-electron chi connectivity index (χ2n) is 6.56. The van der Waals surface area contributed by atoms with Gasteiger partial charge in [-0.25, -0.2) is 4.79 Å². The Hall–Kier alpha value is -1.60. The summed E-state index contributed by atoms with van der Waals surface area (Å²) in [5.41, 5.74) is 1.04. The van der Waals surface area contributed by atoms with Gasteiger partial charge in [0.25, 0.3) is 0 Å². The lowest BCUT2D eigenvalue weighted by atomic mass is 9.73. The lowest BCUT2D eigenvalue weighted by Crippen LogP contribution is -2.41. The van der Waals surface area contributed by atoms with Crippen molar-refractivity contribution in [1.82, 2.24) is 5.01 Å². The lowest BCUT2D eigenvalue weighted by Gasteiger charge is -2.32. The SMILES string of the molecule is CC1(C)OB(C2=CCC3C(=C2)C=NN3C(=O)O)OC1(C)C. The van der Waals surface area contributed by atoms with Crippen molar-refractivity contribution in [1.29, 1.82) is 0 Å². The molecule has 6 nitrogen and oxygen atoms in total. The van der Waals surface area contributed by atoms with Crippen molar-refractivity contribution in [3.63, 3.8) is 0 Å². The van der Waals surface area contributed by atoms with Gasteiger partial charge < -0.3 is 14.4 Å². The highest BCUT2D eigenvalue weighted by molar-refractivity contribution is 6.55. The molecule has 2 aliphatic heterocycles. The van der Waals surface area contributed by atoms with Crippen molar-refractivity contribution in [2.24, 2.45) is 5.10 Å². The van der Waals surface area contributed by atoms with Gasteiger partial charge in [-0.1, -0.05) is 12.2 Å². The van der Waals surface area contributed by atoms with E-state index in [-0.39, 0.29) is 17.2 Å². The second kappa shape index (κ2) is 4.45. The molecule has 21 heavy (non-hydrogen) atoms. The van der Waals surface area contributed by atoms with E-state index in [1.807, 2.05) is 39.8 Å². The van der Waals surface area contributed by atoms with Crippen LogP contribution in [0, 0.1) is 0 Å². The zero-order chi connectivity index (χ0) is 15.4. The van der Waals surface area contributed by atoms with Crippen LogP contribution >= 0.6 is 0 Å². The van der Waals surface area contributed by atoms with Gasteiger partial charge in [-0.15, -0.1) is 0 Å². The standard InChI is InChI=1S/C14H19BN2O4/c1-13(2)14(3,4)21-15(20-13)10-5-6-11-9(7-10)8-16-17(11)12(18)19/h5,7-8,11H,6H2,1-4H3,(H,18,19). The molecule has 0 radical (unpaired) electrons. The van der Waals surface area contributed by atoms with Gasteiger partial charge in [-0.05, 0) is 45.2 Å². The lowest BCUT2D eigenvalue weighted by molar-refractivity contribution is 0.00578. The van der Waals surface area contributed by atoms with Crippen LogP contribution in [0.5, 0.6) is 0 Å². The Kier molecular flexibility index (Phi) is 3.04. The van der Waals surface area contributed by atoms with E-state index in [0.29, 0.717) is 6.42 Å². The van der Waals surface area contributed by atoms with E-state index < -0.39 is 13.2 Å². The number of rotatable bonds is 1. The van der Waals surface area contributed by atoms with Gasteiger partial charge in [0.1, 0.15) is 0 Å². The monoisotopic (exact) mass is 290 g/mol. The molecule has 7 heteroatoms. The van der Waals surface area contributed by atoms with Crippen molar-refractivity contribution >= 4 is 19.4 Å². The van der Waals surface area contributed by atoms with Crippen LogP contribution in [0.15, 0.2) is 28.3 Å². The van der Waals surface area contributed by atoms with Crippen LogP contribution in [0.3, 0.4) is 0 Å². The minimum atomic E-state index is -1.04. The average molecular weight is 290 g/mol.